The molecule has 3 fully saturated rings. The molecule has 190 valence electrons. The normalized spacial score (nSPS) is 35.4. The van der Waals surface area contributed by atoms with E-state index in [1.807, 2.05) is 6.92 Å². The van der Waals surface area contributed by atoms with Gasteiger partial charge in [-0.05, 0) is 94.3 Å². The molecule has 2 atom stereocenters. The van der Waals surface area contributed by atoms with Gasteiger partial charge in [0.1, 0.15) is 11.2 Å². The Bertz CT molecular complexity index is 598. The van der Waals surface area contributed by atoms with E-state index in [-0.39, 0.29) is 11.8 Å². The first kappa shape index (κ1) is 26.7. The maximum atomic E-state index is 13.0. The Kier molecular flexibility index (Phi) is 10.8. The van der Waals surface area contributed by atoms with Crippen molar-refractivity contribution in [3.8, 4) is 0 Å². The van der Waals surface area contributed by atoms with E-state index >= 15 is 0 Å². The third kappa shape index (κ3) is 7.31. The van der Waals surface area contributed by atoms with Crippen molar-refractivity contribution >= 4 is 11.8 Å². The summed E-state index contributed by atoms with van der Waals surface area (Å²) in [6, 6.07) is 0. The van der Waals surface area contributed by atoms with Gasteiger partial charge >= 0.3 is 5.97 Å². The average molecular weight is 461 g/mol. The minimum absolute atomic E-state index is 0.141. The number of rotatable bonds is 11. The topological polar surface area (TPSA) is 43.4 Å². The quantitative estimate of drug-likeness (QED) is 0.177. The lowest BCUT2D eigenvalue weighted by atomic mass is 9.62. The second-order valence-corrected chi connectivity index (χ2v) is 12.1. The molecular weight excluding hydrogens is 408 g/mol. The van der Waals surface area contributed by atoms with Crippen LogP contribution in [-0.2, 0) is 14.3 Å². The zero-order valence-electron chi connectivity index (χ0n) is 22.0. The summed E-state index contributed by atoms with van der Waals surface area (Å²) in [6.45, 7) is 6.74. The number of carbonyl (C=O) groups excluding carboxylic acids is 2. The highest BCUT2D eigenvalue weighted by Gasteiger charge is 2.47. The molecule has 3 heteroatoms. The van der Waals surface area contributed by atoms with Gasteiger partial charge in [-0.1, -0.05) is 65.2 Å². The highest BCUT2D eigenvalue weighted by atomic mass is 16.5. The molecule has 0 aliphatic heterocycles. The maximum absolute atomic E-state index is 13.0. The fourth-order valence-electron chi connectivity index (χ4n) is 7.19. The van der Waals surface area contributed by atoms with Crippen LogP contribution in [0.25, 0.3) is 0 Å². The number of Topliss-reactive ketones (excluding diaryl/α,β-unsaturated/α-hetero) is 1. The molecule has 0 aromatic carbocycles. The van der Waals surface area contributed by atoms with E-state index in [2.05, 4.69) is 13.8 Å². The van der Waals surface area contributed by atoms with Gasteiger partial charge in [-0.2, -0.15) is 0 Å². The van der Waals surface area contributed by atoms with Gasteiger partial charge < -0.3 is 4.74 Å². The number of esters is 1. The molecule has 3 aliphatic rings. The van der Waals surface area contributed by atoms with Gasteiger partial charge in [0.15, 0.2) is 0 Å². The average Bonchev–Trinajstić information content (AvgIpc) is 2.84. The van der Waals surface area contributed by atoms with Crippen LogP contribution in [0.1, 0.15) is 136 Å². The molecule has 0 bridgehead atoms. The van der Waals surface area contributed by atoms with Gasteiger partial charge in [0.05, 0.1) is 6.61 Å². The van der Waals surface area contributed by atoms with Crippen LogP contribution in [0.4, 0.5) is 0 Å². The Balaban J connectivity index is 1.38. The molecule has 33 heavy (non-hydrogen) atoms. The predicted octanol–water partition coefficient (Wildman–Crippen LogP) is 8.29. The molecule has 0 aromatic rings. The molecule has 3 saturated carbocycles. The van der Waals surface area contributed by atoms with Crippen molar-refractivity contribution in [2.75, 3.05) is 6.61 Å². The van der Waals surface area contributed by atoms with Crippen molar-refractivity contribution in [3.05, 3.63) is 0 Å². The molecule has 0 N–H and O–H groups in total. The van der Waals surface area contributed by atoms with Crippen molar-refractivity contribution in [3.63, 3.8) is 0 Å². The van der Waals surface area contributed by atoms with Crippen molar-refractivity contribution < 1.29 is 14.3 Å². The van der Waals surface area contributed by atoms with E-state index in [9.17, 15) is 9.59 Å². The Morgan fingerprint density at radius 1 is 0.788 bits per heavy atom. The van der Waals surface area contributed by atoms with Crippen molar-refractivity contribution in [2.24, 2.45) is 35.0 Å². The lowest BCUT2D eigenvalue weighted by Crippen LogP contribution is -2.44. The summed E-state index contributed by atoms with van der Waals surface area (Å²) in [5.74, 6) is 3.96. The summed E-state index contributed by atoms with van der Waals surface area (Å²) in [7, 11) is 0. The van der Waals surface area contributed by atoms with E-state index in [4.69, 9.17) is 4.74 Å². The van der Waals surface area contributed by atoms with Crippen LogP contribution in [0.2, 0.25) is 0 Å². The number of carbonyl (C=O) groups is 2. The molecule has 3 nitrogen and oxygen atoms in total. The second-order valence-electron chi connectivity index (χ2n) is 12.1. The fourth-order valence-corrected chi connectivity index (χ4v) is 7.19. The van der Waals surface area contributed by atoms with Crippen LogP contribution in [0, 0.1) is 35.0 Å². The van der Waals surface area contributed by atoms with Crippen LogP contribution in [0.15, 0.2) is 0 Å². The highest BCUT2D eigenvalue weighted by molar-refractivity contribution is 6.04. The summed E-state index contributed by atoms with van der Waals surface area (Å²) >= 11 is 0. The number of ether oxygens (including phenoxy) is 1. The molecule has 3 aliphatic carbocycles. The molecule has 3 rings (SSSR count). The first-order valence-corrected chi connectivity index (χ1v) is 14.7. The summed E-state index contributed by atoms with van der Waals surface area (Å²) in [6.07, 6.45) is 22.3. The Morgan fingerprint density at radius 3 is 1.91 bits per heavy atom. The standard InChI is InChI=1S/C30H52O3/c1-4-6-8-10-23-11-13-24(14-12-23)25-15-17-26(18-16-25)27-19-20-30(3,28(31)22-27)29(32)33-21-9-7-5-2/h23-27H,4-22H2,1-3H3/t23-,24-,25?,26?,27-,30+/m1/s1. The molecule has 0 heterocycles. The predicted molar refractivity (Wildman–Crippen MR) is 136 cm³/mol. The van der Waals surface area contributed by atoms with E-state index < -0.39 is 5.41 Å². The minimum Gasteiger partial charge on any atom is -0.465 e. The third-order valence-corrected chi connectivity index (χ3v) is 9.77. The van der Waals surface area contributed by atoms with Gasteiger partial charge in [-0.15, -0.1) is 0 Å². The summed E-state index contributed by atoms with van der Waals surface area (Å²) in [5.41, 5.74) is -0.893. The van der Waals surface area contributed by atoms with E-state index in [1.54, 1.807) is 0 Å². The molecule has 0 saturated heterocycles. The molecule has 0 spiro atoms. The van der Waals surface area contributed by atoms with Crippen LogP contribution in [0.5, 0.6) is 0 Å². The molecule has 0 amide bonds. The Labute approximate surface area is 204 Å². The molecule has 0 radical (unpaired) electrons. The molecule has 0 unspecified atom stereocenters. The van der Waals surface area contributed by atoms with Crippen LogP contribution >= 0.6 is 0 Å². The van der Waals surface area contributed by atoms with E-state index in [0.717, 1.165) is 43.4 Å². The largest absolute Gasteiger partial charge is 0.465 e. The van der Waals surface area contributed by atoms with Crippen LogP contribution in [0.3, 0.4) is 0 Å². The number of ketones is 1. The van der Waals surface area contributed by atoms with Crippen LogP contribution in [-0.4, -0.2) is 18.4 Å². The third-order valence-electron chi connectivity index (χ3n) is 9.77. The minimum atomic E-state index is -0.893. The number of hydrogen-bond donors (Lipinski definition) is 0. The smallest absolute Gasteiger partial charge is 0.319 e. The van der Waals surface area contributed by atoms with E-state index in [0.29, 0.717) is 31.3 Å². The first-order chi connectivity index (χ1) is 16.0. The van der Waals surface area contributed by atoms with Gasteiger partial charge in [-0.3, -0.25) is 9.59 Å². The SMILES string of the molecule is CCCCCOC(=O)[C@@]1(C)CC[C@@H](C2CCC([C@H]3CC[C@H](CCCCC)CC3)CC2)CC1=O. The van der Waals surface area contributed by atoms with Gasteiger partial charge in [-0.25, -0.2) is 0 Å². The molecule has 0 aromatic heterocycles. The highest BCUT2D eigenvalue weighted by Crippen LogP contribution is 2.47. The summed E-state index contributed by atoms with van der Waals surface area (Å²) in [4.78, 5) is 25.7. The lowest BCUT2D eigenvalue weighted by molar-refractivity contribution is -0.162. The van der Waals surface area contributed by atoms with Crippen molar-refractivity contribution in [1.82, 2.24) is 0 Å². The van der Waals surface area contributed by atoms with Crippen molar-refractivity contribution in [1.29, 1.82) is 0 Å². The zero-order chi connectivity index (χ0) is 23.7. The fraction of sp³-hybridized carbons (Fsp3) is 0.933. The first-order valence-electron chi connectivity index (χ1n) is 14.7. The van der Waals surface area contributed by atoms with Gasteiger partial charge in [0.2, 0.25) is 0 Å². The number of unbranched alkanes of at least 4 members (excludes halogenated alkanes) is 4. The van der Waals surface area contributed by atoms with Gasteiger partial charge in [0, 0.05) is 6.42 Å². The zero-order valence-corrected chi connectivity index (χ0v) is 22.0. The van der Waals surface area contributed by atoms with Crippen LogP contribution < -0.4 is 0 Å². The molecular formula is C30H52O3. The van der Waals surface area contributed by atoms with Gasteiger partial charge in [0.25, 0.3) is 0 Å². The second kappa shape index (κ2) is 13.3. The maximum Gasteiger partial charge on any atom is 0.319 e. The number of hydrogen-bond acceptors (Lipinski definition) is 3. The summed E-state index contributed by atoms with van der Waals surface area (Å²) in [5, 5.41) is 0. The lowest BCUT2D eigenvalue weighted by Gasteiger charge is -2.42. The van der Waals surface area contributed by atoms with E-state index in [1.165, 1.54) is 77.0 Å². The Hall–Kier alpha value is -0.860. The van der Waals surface area contributed by atoms with Crippen molar-refractivity contribution in [2.45, 2.75) is 136 Å². The Morgan fingerprint density at radius 2 is 1.33 bits per heavy atom. The monoisotopic (exact) mass is 460 g/mol. The summed E-state index contributed by atoms with van der Waals surface area (Å²) < 4.78 is 5.49.